The third-order valence-corrected chi connectivity index (χ3v) is 5.93. The molecule has 10 nitrogen and oxygen atoms in total. The van der Waals surface area contributed by atoms with Crippen molar-refractivity contribution in [1.29, 1.82) is 0 Å². The zero-order valence-electron chi connectivity index (χ0n) is 20.6. The molecule has 0 fully saturated rings. The predicted octanol–water partition coefficient (Wildman–Crippen LogP) is 4.94. The van der Waals surface area contributed by atoms with Gasteiger partial charge in [0, 0.05) is 18.7 Å². The number of alkyl carbamates (subject to hydrolysis) is 1. The quantitative estimate of drug-likeness (QED) is 0.451. The molecule has 1 aromatic carbocycles. The van der Waals surface area contributed by atoms with E-state index in [9.17, 15) is 14.4 Å². The van der Waals surface area contributed by atoms with Crippen molar-refractivity contribution < 1.29 is 23.9 Å². The zero-order valence-corrected chi connectivity index (χ0v) is 21.4. The van der Waals surface area contributed by atoms with Crippen LogP contribution in [0, 0.1) is 0 Å². The van der Waals surface area contributed by atoms with Crippen molar-refractivity contribution in [1.82, 2.24) is 20.5 Å². The van der Waals surface area contributed by atoms with E-state index < -0.39 is 23.7 Å². The van der Waals surface area contributed by atoms with E-state index in [0.717, 1.165) is 16.9 Å². The lowest BCUT2D eigenvalue weighted by molar-refractivity contribution is 0.0576. The Bertz CT molecular complexity index is 1160. The molecule has 0 bridgehead atoms. The number of nitrogens with zero attached hydrogens (tertiary/aromatic N) is 4. The van der Waals surface area contributed by atoms with E-state index >= 15 is 0 Å². The average molecular weight is 512 g/mol. The molecular weight excluding hydrogens is 482 g/mol. The number of pyridine rings is 1. The van der Waals surface area contributed by atoms with E-state index in [1.54, 1.807) is 45.2 Å². The number of imide groups is 1. The minimum atomic E-state index is -0.876. The van der Waals surface area contributed by atoms with Crippen LogP contribution in [-0.2, 0) is 16.1 Å². The van der Waals surface area contributed by atoms with Gasteiger partial charge in [-0.3, -0.25) is 15.0 Å². The largest absolute Gasteiger partial charge is 0.444 e. The van der Waals surface area contributed by atoms with Gasteiger partial charge in [0.25, 0.3) is 5.91 Å². The van der Waals surface area contributed by atoms with Crippen molar-refractivity contribution in [2.75, 3.05) is 11.4 Å². The van der Waals surface area contributed by atoms with Gasteiger partial charge in [0.15, 0.2) is 0 Å². The molecule has 0 aliphatic rings. The van der Waals surface area contributed by atoms with Crippen LogP contribution in [0.25, 0.3) is 0 Å². The molecule has 1 unspecified atom stereocenters. The first-order chi connectivity index (χ1) is 17.2. The average Bonchev–Trinajstić information content (AvgIpc) is 3.34. The second kappa shape index (κ2) is 12.2. The summed E-state index contributed by atoms with van der Waals surface area (Å²) < 4.78 is 10.7. The summed E-state index contributed by atoms with van der Waals surface area (Å²) in [5, 5.41) is 10.8. The summed E-state index contributed by atoms with van der Waals surface area (Å²) in [5.41, 5.74) is 0.112. The van der Waals surface area contributed by atoms with Gasteiger partial charge in [0.1, 0.15) is 23.0 Å². The minimum Gasteiger partial charge on any atom is -0.444 e. The van der Waals surface area contributed by atoms with Gasteiger partial charge in [-0.2, -0.15) is 0 Å². The van der Waals surface area contributed by atoms with Crippen LogP contribution >= 0.6 is 11.3 Å². The van der Waals surface area contributed by atoms with Gasteiger partial charge in [0.05, 0.1) is 0 Å². The van der Waals surface area contributed by atoms with Gasteiger partial charge >= 0.3 is 12.2 Å². The summed E-state index contributed by atoms with van der Waals surface area (Å²) in [6, 6.07) is 14.4. The highest BCUT2D eigenvalue weighted by Gasteiger charge is 2.29. The van der Waals surface area contributed by atoms with Crippen molar-refractivity contribution in [3.63, 3.8) is 0 Å². The third-order valence-electron chi connectivity index (χ3n) is 4.85. The standard InChI is InChI=1S/C25H29N5O5S/c1-5-18(15-30(19-13-9-10-14-26-19)24(33)35-25(2,3)4)21-28-29-22(36-21)20(31)27-23(32)34-16-17-11-7-6-8-12-17/h6-14,18H,5,15-16H2,1-4H3,(H,27,31,32). The molecule has 3 rings (SSSR count). The van der Waals surface area contributed by atoms with Gasteiger partial charge in [0.2, 0.25) is 5.01 Å². The Morgan fingerprint density at radius 1 is 1.06 bits per heavy atom. The lowest BCUT2D eigenvalue weighted by Crippen LogP contribution is -2.39. The maximum absolute atomic E-state index is 13.0. The summed E-state index contributed by atoms with van der Waals surface area (Å²) >= 11 is 1.05. The Balaban J connectivity index is 1.67. The Labute approximate surface area is 213 Å². The molecule has 2 heterocycles. The molecule has 0 radical (unpaired) electrons. The second-order valence-corrected chi connectivity index (χ2v) is 9.85. The van der Waals surface area contributed by atoms with Gasteiger partial charge in [-0.05, 0) is 44.9 Å². The predicted molar refractivity (Wildman–Crippen MR) is 135 cm³/mol. The van der Waals surface area contributed by atoms with Crippen molar-refractivity contribution in [2.45, 2.75) is 52.2 Å². The maximum Gasteiger partial charge on any atom is 0.416 e. The molecule has 3 amide bonds. The van der Waals surface area contributed by atoms with Crippen molar-refractivity contribution in [2.24, 2.45) is 0 Å². The first-order valence-corrected chi connectivity index (χ1v) is 12.2. The summed E-state index contributed by atoms with van der Waals surface area (Å²) in [6.07, 6.45) is 0.793. The highest BCUT2D eigenvalue weighted by atomic mass is 32.1. The van der Waals surface area contributed by atoms with E-state index in [1.165, 1.54) is 4.90 Å². The number of benzene rings is 1. The second-order valence-electron chi connectivity index (χ2n) is 8.85. The third kappa shape index (κ3) is 7.84. The van der Waals surface area contributed by atoms with Crippen molar-refractivity contribution in [3.8, 4) is 0 Å². The fraction of sp³-hybridized carbons (Fsp3) is 0.360. The molecule has 36 heavy (non-hydrogen) atoms. The molecular formula is C25H29N5O5S. The van der Waals surface area contributed by atoms with Gasteiger partial charge in [-0.1, -0.05) is 54.7 Å². The van der Waals surface area contributed by atoms with Gasteiger partial charge in [-0.25, -0.2) is 14.6 Å². The maximum atomic E-state index is 13.0. The summed E-state index contributed by atoms with van der Waals surface area (Å²) in [6.45, 7) is 7.57. The summed E-state index contributed by atoms with van der Waals surface area (Å²) in [7, 11) is 0. The van der Waals surface area contributed by atoms with Crippen LogP contribution in [0.2, 0.25) is 0 Å². The van der Waals surface area contributed by atoms with E-state index in [1.807, 2.05) is 37.3 Å². The number of hydrogen-bond donors (Lipinski definition) is 1. The lowest BCUT2D eigenvalue weighted by atomic mass is 10.1. The summed E-state index contributed by atoms with van der Waals surface area (Å²) in [4.78, 5) is 43.2. The fourth-order valence-corrected chi connectivity index (χ4v) is 4.00. The monoisotopic (exact) mass is 511 g/mol. The van der Waals surface area contributed by atoms with Crippen molar-refractivity contribution >= 4 is 35.2 Å². The molecule has 1 N–H and O–H groups in total. The highest BCUT2D eigenvalue weighted by Crippen LogP contribution is 2.27. The first-order valence-electron chi connectivity index (χ1n) is 11.4. The molecule has 0 saturated heterocycles. The highest BCUT2D eigenvalue weighted by molar-refractivity contribution is 7.13. The molecule has 0 saturated carbocycles. The van der Waals surface area contributed by atoms with Gasteiger partial charge < -0.3 is 9.47 Å². The Morgan fingerprint density at radius 2 is 1.78 bits per heavy atom. The number of hydrogen-bond acceptors (Lipinski definition) is 9. The van der Waals surface area contributed by atoms with E-state index in [2.05, 4.69) is 20.5 Å². The van der Waals surface area contributed by atoms with Gasteiger partial charge in [-0.15, -0.1) is 10.2 Å². The number of rotatable bonds is 8. The Hall–Kier alpha value is -3.86. The minimum absolute atomic E-state index is 0.0155. The number of nitrogens with one attached hydrogen (secondary N) is 1. The molecule has 0 aliphatic heterocycles. The number of carbonyl (C=O) groups excluding carboxylic acids is 3. The molecule has 11 heteroatoms. The van der Waals surface area contributed by atoms with Crippen LogP contribution < -0.4 is 10.2 Å². The van der Waals surface area contributed by atoms with E-state index in [0.29, 0.717) is 17.2 Å². The van der Waals surface area contributed by atoms with Crippen LogP contribution in [0.4, 0.5) is 15.4 Å². The fourth-order valence-electron chi connectivity index (χ4n) is 3.09. The van der Waals surface area contributed by atoms with Crippen LogP contribution in [-0.4, -0.2) is 45.4 Å². The lowest BCUT2D eigenvalue weighted by Gasteiger charge is -2.28. The normalized spacial score (nSPS) is 11.9. The van der Waals surface area contributed by atoms with Crippen molar-refractivity contribution in [3.05, 3.63) is 70.3 Å². The number of ether oxygens (including phenoxy) is 2. The molecule has 190 valence electrons. The first kappa shape index (κ1) is 26.7. The van der Waals surface area contributed by atoms with Crippen LogP contribution in [0.3, 0.4) is 0 Å². The smallest absolute Gasteiger partial charge is 0.416 e. The number of anilines is 1. The topological polar surface area (TPSA) is 124 Å². The van der Waals surface area contributed by atoms with E-state index in [-0.39, 0.29) is 24.1 Å². The SMILES string of the molecule is CCC(CN(C(=O)OC(C)(C)C)c1ccccn1)c1nnc(C(=O)NC(=O)OCc2ccccc2)s1. The number of carbonyl (C=O) groups is 3. The molecule has 2 aromatic heterocycles. The molecule has 3 aromatic rings. The zero-order chi connectivity index (χ0) is 26.1. The van der Waals surface area contributed by atoms with Crippen LogP contribution in [0.5, 0.6) is 0 Å². The van der Waals surface area contributed by atoms with Crippen LogP contribution in [0.1, 0.15) is 60.4 Å². The molecule has 0 aliphatic carbocycles. The summed E-state index contributed by atoms with van der Waals surface area (Å²) in [5.74, 6) is -0.516. The number of amides is 3. The Morgan fingerprint density at radius 3 is 2.42 bits per heavy atom. The van der Waals surface area contributed by atoms with E-state index in [4.69, 9.17) is 9.47 Å². The van der Waals surface area contributed by atoms with Crippen LogP contribution in [0.15, 0.2) is 54.7 Å². The molecule has 0 spiro atoms. The Kier molecular flexibility index (Phi) is 9.07. The number of aromatic nitrogens is 3. The molecule has 1 atom stereocenters.